The van der Waals surface area contributed by atoms with Crippen LogP contribution in [0, 0.1) is 0 Å². The summed E-state index contributed by atoms with van der Waals surface area (Å²) in [7, 11) is 0. The van der Waals surface area contributed by atoms with Gasteiger partial charge in [-0.3, -0.25) is 4.79 Å². The second-order valence-electron chi connectivity index (χ2n) is 4.41. The van der Waals surface area contributed by atoms with Gasteiger partial charge in [-0.05, 0) is 43.3 Å². The van der Waals surface area contributed by atoms with Crippen molar-refractivity contribution in [2.45, 2.75) is 6.92 Å². The maximum atomic E-state index is 11.9. The molecule has 0 spiro atoms. The van der Waals surface area contributed by atoms with E-state index in [1.54, 1.807) is 36.4 Å². The van der Waals surface area contributed by atoms with Crippen LogP contribution in [0.1, 0.15) is 17.3 Å². The monoisotopic (exact) mass is 323 g/mol. The smallest absolute Gasteiger partial charge is 0.251 e. The van der Waals surface area contributed by atoms with Crippen LogP contribution in [0.5, 0.6) is 0 Å². The number of halogens is 2. The van der Waals surface area contributed by atoms with Gasteiger partial charge in [0.1, 0.15) is 0 Å². The quantitative estimate of drug-likeness (QED) is 0.743. The van der Waals surface area contributed by atoms with Crippen molar-refractivity contribution in [3.63, 3.8) is 0 Å². The molecule has 0 saturated heterocycles. The third-order valence-corrected chi connectivity index (χ3v) is 3.42. The first-order valence-electron chi connectivity index (χ1n) is 6.41. The summed E-state index contributed by atoms with van der Waals surface area (Å²) in [4.78, 5) is 11.9. The molecule has 21 heavy (non-hydrogen) atoms. The largest absolute Gasteiger partial charge is 0.397 e. The number of anilines is 3. The molecule has 110 valence electrons. The first-order valence-corrected chi connectivity index (χ1v) is 7.16. The third kappa shape index (κ3) is 3.80. The molecule has 0 fully saturated rings. The standard InChI is InChI=1S/C15H15Cl2N3O/c1-2-19-15(21)9-3-6-12(18)14(7-9)20-13-8-10(16)4-5-11(13)17/h3-8,20H,2,18H2,1H3,(H,19,21). The van der Waals surface area contributed by atoms with E-state index in [0.29, 0.717) is 39.2 Å². The van der Waals surface area contributed by atoms with E-state index in [2.05, 4.69) is 10.6 Å². The molecule has 2 aromatic carbocycles. The summed E-state index contributed by atoms with van der Waals surface area (Å²) in [6, 6.07) is 10.1. The summed E-state index contributed by atoms with van der Waals surface area (Å²) in [6.45, 7) is 2.42. The molecule has 0 aromatic heterocycles. The summed E-state index contributed by atoms with van der Waals surface area (Å²) in [6.07, 6.45) is 0. The summed E-state index contributed by atoms with van der Waals surface area (Å²) in [5, 5.41) is 6.91. The molecule has 0 aliphatic heterocycles. The Morgan fingerprint density at radius 3 is 2.62 bits per heavy atom. The summed E-state index contributed by atoms with van der Waals surface area (Å²) in [5.41, 5.74) is 8.19. The van der Waals surface area contributed by atoms with E-state index in [-0.39, 0.29) is 5.91 Å². The average molecular weight is 324 g/mol. The molecule has 1 amide bonds. The molecule has 0 aliphatic carbocycles. The SMILES string of the molecule is CCNC(=O)c1ccc(N)c(Nc2cc(Cl)ccc2Cl)c1. The van der Waals surface area contributed by atoms with Crippen molar-refractivity contribution < 1.29 is 4.79 Å². The van der Waals surface area contributed by atoms with Crippen LogP contribution in [0.3, 0.4) is 0 Å². The van der Waals surface area contributed by atoms with E-state index in [1.807, 2.05) is 6.92 Å². The second-order valence-corrected chi connectivity index (χ2v) is 5.25. The van der Waals surface area contributed by atoms with E-state index in [9.17, 15) is 4.79 Å². The molecule has 2 rings (SSSR count). The predicted molar refractivity (Wildman–Crippen MR) is 88.6 cm³/mol. The number of nitrogen functional groups attached to an aromatic ring is 1. The number of rotatable bonds is 4. The van der Waals surface area contributed by atoms with Gasteiger partial charge in [0.15, 0.2) is 0 Å². The molecule has 0 saturated carbocycles. The zero-order valence-electron chi connectivity index (χ0n) is 11.4. The van der Waals surface area contributed by atoms with Gasteiger partial charge in [0, 0.05) is 17.1 Å². The van der Waals surface area contributed by atoms with E-state index in [1.165, 1.54) is 0 Å². The molecular formula is C15H15Cl2N3O. The molecule has 0 radical (unpaired) electrons. The van der Waals surface area contributed by atoms with E-state index in [4.69, 9.17) is 28.9 Å². The molecule has 0 heterocycles. The molecule has 6 heteroatoms. The summed E-state index contributed by atoms with van der Waals surface area (Å²) >= 11 is 12.1. The van der Waals surface area contributed by atoms with Crippen molar-refractivity contribution >= 4 is 46.2 Å². The van der Waals surface area contributed by atoms with Gasteiger partial charge < -0.3 is 16.4 Å². The molecule has 2 aromatic rings. The van der Waals surface area contributed by atoms with Crippen molar-refractivity contribution in [1.82, 2.24) is 5.32 Å². The molecule has 4 N–H and O–H groups in total. The Labute approximate surface area is 133 Å². The van der Waals surface area contributed by atoms with Gasteiger partial charge in [-0.15, -0.1) is 0 Å². The zero-order chi connectivity index (χ0) is 15.4. The molecule has 0 unspecified atom stereocenters. The van der Waals surface area contributed by atoms with Crippen molar-refractivity contribution in [2.75, 3.05) is 17.6 Å². The maximum Gasteiger partial charge on any atom is 0.251 e. The highest BCUT2D eigenvalue weighted by atomic mass is 35.5. The van der Waals surface area contributed by atoms with Crippen LogP contribution in [-0.4, -0.2) is 12.5 Å². The van der Waals surface area contributed by atoms with Gasteiger partial charge in [-0.1, -0.05) is 23.2 Å². The highest BCUT2D eigenvalue weighted by Gasteiger charge is 2.09. The summed E-state index contributed by atoms with van der Waals surface area (Å²) in [5.74, 6) is -0.155. The predicted octanol–water partition coefficient (Wildman–Crippen LogP) is 4.07. The minimum atomic E-state index is -0.155. The van der Waals surface area contributed by atoms with Gasteiger partial charge in [-0.2, -0.15) is 0 Å². The third-order valence-electron chi connectivity index (χ3n) is 2.85. The Morgan fingerprint density at radius 1 is 1.14 bits per heavy atom. The highest BCUT2D eigenvalue weighted by molar-refractivity contribution is 6.35. The normalized spacial score (nSPS) is 10.2. The number of carbonyl (C=O) groups excluding carboxylic acids is 1. The lowest BCUT2D eigenvalue weighted by molar-refractivity contribution is 0.0956. The lowest BCUT2D eigenvalue weighted by Crippen LogP contribution is -2.22. The number of carbonyl (C=O) groups is 1. The van der Waals surface area contributed by atoms with E-state index < -0.39 is 0 Å². The molecule has 0 bridgehead atoms. The molecular weight excluding hydrogens is 309 g/mol. The van der Waals surface area contributed by atoms with Crippen LogP contribution in [0.15, 0.2) is 36.4 Å². The number of hydrogen-bond acceptors (Lipinski definition) is 3. The number of nitrogens with two attached hydrogens (primary N) is 1. The highest BCUT2D eigenvalue weighted by Crippen LogP contribution is 2.31. The molecule has 4 nitrogen and oxygen atoms in total. The van der Waals surface area contributed by atoms with Gasteiger partial charge in [0.2, 0.25) is 0 Å². The van der Waals surface area contributed by atoms with Crippen LogP contribution >= 0.6 is 23.2 Å². The fourth-order valence-electron chi connectivity index (χ4n) is 1.81. The first-order chi connectivity index (χ1) is 10.0. The number of amides is 1. The summed E-state index contributed by atoms with van der Waals surface area (Å²) < 4.78 is 0. The van der Waals surface area contributed by atoms with Crippen molar-refractivity contribution in [3.05, 3.63) is 52.0 Å². The van der Waals surface area contributed by atoms with Crippen LogP contribution in [-0.2, 0) is 0 Å². The Bertz CT molecular complexity index is 674. The minimum Gasteiger partial charge on any atom is -0.397 e. The number of hydrogen-bond donors (Lipinski definition) is 3. The lowest BCUT2D eigenvalue weighted by Gasteiger charge is -2.13. The fourth-order valence-corrected chi connectivity index (χ4v) is 2.14. The first kappa shape index (κ1) is 15.5. The van der Waals surface area contributed by atoms with Crippen LogP contribution < -0.4 is 16.4 Å². The van der Waals surface area contributed by atoms with Crippen LogP contribution in [0.4, 0.5) is 17.1 Å². The van der Waals surface area contributed by atoms with Crippen LogP contribution in [0.2, 0.25) is 10.0 Å². The Balaban J connectivity index is 2.33. The maximum absolute atomic E-state index is 11.9. The van der Waals surface area contributed by atoms with Gasteiger partial charge in [0.25, 0.3) is 5.91 Å². The van der Waals surface area contributed by atoms with Gasteiger partial charge >= 0.3 is 0 Å². The number of benzene rings is 2. The molecule has 0 atom stereocenters. The molecule has 0 aliphatic rings. The fraction of sp³-hybridized carbons (Fsp3) is 0.133. The average Bonchev–Trinajstić information content (AvgIpc) is 2.45. The second kappa shape index (κ2) is 6.70. The minimum absolute atomic E-state index is 0.155. The van der Waals surface area contributed by atoms with Gasteiger partial charge in [0.05, 0.1) is 22.1 Å². The van der Waals surface area contributed by atoms with E-state index in [0.717, 1.165) is 0 Å². The zero-order valence-corrected chi connectivity index (χ0v) is 12.9. The Hall–Kier alpha value is -1.91. The lowest BCUT2D eigenvalue weighted by atomic mass is 10.1. The van der Waals surface area contributed by atoms with Crippen molar-refractivity contribution in [2.24, 2.45) is 0 Å². The topological polar surface area (TPSA) is 67.2 Å². The van der Waals surface area contributed by atoms with Crippen molar-refractivity contribution in [1.29, 1.82) is 0 Å². The van der Waals surface area contributed by atoms with E-state index >= 15 is 0 Å². The van der Waals surface area contributed by atoms with Crippen molar-refractivity contribution in [3.8, 4) is 0 Å². The Morgan fingerprint density at radius 2 is 1.90 bits per heavy atom. The van der Waals surface area contributed by atoms with Crippen LogP contribution in [0.25, 0.3) is 0 Å². The Kier molecular flexibility index (Phi) is 4.94. The van der Waals surface area contributed by atoms with Gasteiger partial charge in [-0.25, -0.2) is 0 Å². The number of nitrogens with one attached hydrogen (secondary N) is 2.